The smallest absolute Gasteiger partial charge is 0.328 e. The van der Waals surface area contributed by atoms with Gasteiger partial charge in [-0.15, -0.1) is 0 Å². The van der Waals surface area contributed by atoms with E-state index in [0.29, 0.717) is 6.61 Å². The number of urea groups is 1. The Hall–Kier alpha value is -1.26. The maximum Gasteiger partial charge on any atom is 0.328 e. The molecule has 0 aliphatic rings. The van der Waals surface area contributed by atoms with Gasteiger partial charge < -0.3 is 15.0 Å². The van der Waals surface area contributed by atoms with E-state index >= 15 is 0 Å². The molecule has 5 nitrogen and oxygen atoms in total. The number of nitrogens with zero attached hydrogens (tertiary/aromatic N) is 1. The lowest BCUT2D eigenvalue weighted by Crippen LogP contribution is -2.45. The van der Waals surface area contributed by atoms with Crippen LogP contribution in [0.15, 0.2) is 0 Å². The summed E-state index contributed by atoms with van der Waals surface area (Å²) in [7, 11) is 3.05. The third-order valence-electron chi connectivity index (χ3n) is 1.74. The molecule has 2 amide bonds. The SMILES string of the molecule is CCOC(=O)[C@H](C)N(C)C(=O)NC. The molecule has 13 heavy (non-hydrogen) atoms. The van der Waals surface area contributed by atoms with Gasteiger partial charge in [0.2, 0.25) is 0 Å². The van der Waals surface area contributed by atoms with Gasteiger partial charge in [-0.1, -0.05) is 0 Å². The Bertz CT molecular complexity index is 194. The Morgan fingerprint density at radius 1 is 1.54 bits per heavy atom. The van der Waals surface area contributed by atoms with E-state index in [0.717, 1.165) is 0 Å². The van der Waals surface area contributed by atoms with Crippen LogP contribution in [0.2, 0.25) is 0 Å². The predicted octanol–water partition coefficient (Wildman–Crippen LogP) is 0.209. The highest BCUT2D eigenvalue weighted by Gasteiger charge is 2.22. The van der Waals surface area contributed by atoms with Crippen molar-refractivity contribution in [2.24, 2.45) is 0 Å². The quantitative estimate of drug-likeness (QED) is 0.644. The summed E-state index contributed by atoms with van der Waals surface area (Å²) < 4.78 is 4.76. The summed E-state index contributed by atoms with van der Waals surface area (Å²) in [4.78, 5) is 23.5. The molecule has 0 aromatic carbocycles. The van der Waals surface area contributed by atoms with E-state index in [9.17, 15) is 9.59 Å². The molecule has 0 aromatic heterocycles. The van der Waals surface area contributed by atoms with Gasteiger partial charge in [-0.2, -0.15) is 0 Å². The molecule has 0 saturated carbocycles. The van der Waals surface area contributed by atoms with Crippen molar-refractivity contribution in [3.05, 3.63) is 0 Å². The Morgan fingerprint density at radius 2 is 2.08 bits per heavy atom. The van der Waals surface area contributed by atoms with E-state index in [4.69, 9.17) is 4.74 Å². The van der Waals surface area contributed by atoms with Gasteiger partial charge in [-0.25, -0.2) is 9.59 Å². The number of amides is 2. The van der Waals surface area contributed by atoms with Crippen LogP contribution >= 0.6 is 0 Å². The molecule has 0 aliphatic heterocycles. The Morgan fingerprint density at radius 3 is 2.46 bits per heavy atom. The van der Waals surface area contributed by atoms with Crippen LogP contribution in [-0.2, 0) is 9.53 Å². The average molecular weight is 188 g/mol. The first-order chi connectivity index (χ1) is 6.04. The topological polar surface area (TPSA) is 58.6 Å². The van der Waals surface area contributed by atoms with Gasteiger partial charge in [-0.3, -0.25) is 0 Å². The van der Waals surface area contributed by atoms with Crippen molar-refractivity contribution in [2.45, 2.75) is 19.9 Å². The third kappa shape index (κ3) is 3.31. The van der Waals surface area contributed by atoms with Crippen LogP contribution < -0.4 is 5.32 Å². The highest BCUT2D eigenvalue weighted by atomic mass is 16.5. The lowest BCUT2D eigenvalue weighted by molar-refractivity contribution is -0.147. The van der Waals surface area contributed by atoms with Gasteiger partial charge in [0.1, 0.15) is 6.04 Å². The van der Waals surface area contributed by atoms with Crippen molar-refractivity contribution in [1.82, 2.24) is 10.2 Å². The second-order valence-electron chi connectivity index (χ2n) is 2.59. The Balaban J connectivity index is 4.16. The van der Waals surface area contributed by atoms with Gasteiger partial charge in [0, 0.05) is 14.1 Å². The van der Waals surface area contributed by atoms with E-state index in [-0.39, 0.29) is 6.03 Å². The zero-order chi connectivity index (χ0) is 10.4. The molecule has 0 radical (unpaired) electrons. The van der Waals surface area contributed by atoms with Crippen LogP contribution in [0.1, 0.15) is 13.8 Å². The molecule has 0 rings (SSSR count). The molecule has 0 aromatic rings. The maximum absolute atomic E-state index is 11.2. The molecule has 0 aliphatic carbocycles. The van der Waals surface area contributed by atoms with Crippen LogP contribution in [0, 0.1) is 0 Å². The maximum atomic E-state index is 11.2. The summed E-state index contributed by atoms with van der Waals surface area (Å²) in [6.07, 6.45) is 0. The first-order valence-corrected chi connectivity index (χ1v) is 4.15. The van der Waals surface area contributed by atoms with Gasteiger partial charge in [-0.05, 0) is 13.8 Å². The van der Waals surface area contributed by atoms with Crippen LogP contribution in [0.3, 0.4) is 0 Å². The number of esters is 1. The van der Waals surface area contributed by atoms with E-state index in [1.165, 1.54) is 11.9 Å². The molecular formula is C8H16N2O3. The van der Waals surface area contributed by atoms with Crippen molar-refractivity contribution >= 4 is 12.0 Å². The molecule has 0 heterocycles. The van der Waals surface area contributed by atoms with Gasteiger partial charge in [0.05, 0.1) is 6.61 Å². The largest absolute Gasteiger partial charge is 0.464 e. The number of carbonyl (C=O) groups is 2. The standard InChI is InChI=1S/C8H16N2O3/c1-5-13-7(11)6(2)10(4)8(12)9-3/h6H,5H2,1-4H3,(H,9,12)/t6-/m0/s1. The van der Waals surface area contributed by atoms with Crippen LogP contribution in [-0.4, -0.2) is 43.6 Å². The zero-order valence-electron chi connectivity index (χ0n) is 8.46. The van der Waals surface area contributed by atoms with E-state index in [1.54, 1.807) is 20.9 Å². The predicted molar refractivity (Wildman–Crippen MR) is 48.3 cm³/mol. The monoisotopic (exact) mass is 188 g/mol. The molecule has 0 saturated heterocycles. The number of hydrogen-bond acceptors (Lipinski definition) is 3. The van der Waals surface area contributed by atoms with E-state index < -0.39 is 12.0 Å². The van der Waals surface area contributed by atoms with Gasteiger partial charge >= 0.3 is 12.0 Å². The fourth-order valence-corrected chi connectivity index (χ4v) is 0.773. The van der Waals surface area contributed by atoms with Crippen molar-refractivity contribution in [3.8, 4) is 0 Å². The normalized spacial score (nSPS) is 11.7. The molecule has 76 valence electrons. The first kappa shape index (κ1) is 11.7. The number of likely N-dealkylation sites (N-methyl/N-ethyl adjacent to an activating group) is 1. The second-order valence-corrected chi connectivity index (χ2v) is 2.59. The number of ether oxygens (including phenoxy) is 1. The molecule has 0 fully saturated rings. The third-order valence-corrected chi connectivity index (χ3v) is 1.74. The summed E-state index contributed by atoms with van der Waals surface area (Å²) in [6.45, 7) is 3.67. The number of carbonyl (C=O) groups excluding carboxylic acids is 2. The highest BCUT2D eigenvalue weighted by Crippen LogP contribution is 1.98. The van der Waals surface area contributed by atoms with E-state index in [1.807, 2.05) is 0 Å². The molecule has 0 bridgehead atoms. The minimum Gasteiger partial charge on any atom is -0.464 e. The lowest BCUT2D eigenvalue weighted by atomic mass is 10.3. The molecule has 1 N–H and O–H groups in total. The van der Waals surface area contributed by atoms with Crippen molar-refractivity contribution in [3.63, 3.8) is 0 Å². The van der Waals surface area contributed by atoms with Crippen molar-refractivity contribution in [2.75, 3.05) is 20.7 Å². The van der Waals surface area contributed by atoms with Crippen molar-refractivity contribution in [1.29, 1.82) is 0 Å². The van der Waals surface area contributed by atoms with Gasteiger partial charge in [0.15, 0.2) is 0 Å². The van der Waals surface area contributed by atoms with Crippen LogP contribution in [0.5, 0.6) is 0 Å². The lowest BCUT2D eigenvalue weighted by Gasteiger charge is -2.22. The molecule has 1 atom stereocenters. The summed E-state index contributed by atoms with van der Waals surface area (Å²) in [5.41, 5.74) is 0. The minimum absolute atomic E-state index is 0.305. The number of rotatable bonds is 3. The summed E-state index contributed by atoms with van der Waals surface area (Å²) in [6, 6.07) is -0.861. The number of nitrogens with one attached hydrogen (secondary N) is 1. The molecular weight excluding hydrogens is 172 g/mol. The number of hydrogen-bond donors (Lipinski definition) is 1. The van der Waals surface area contributed by atoms with Crippen molar-refractivity contribution < 1.29 is 14.3 Å². The summed E-state index contributed by atoms with van der Waals surface area (Å²) in [5, 5.41) is 2.42. The fraction of sp³-hybridized carbons (Fsp3) is 0.750. The first-order valence-electron chi connectivity index (χ1n) is 4.15. The van der Waals surface area contributed by atoms with E-state index in [2.05, 4.69) is 5.32 Å². The zero-order valence-corrected chi connectivity index (χ0v) is 8.46. The highest BCUT2D eigenvalue weighted by molar-refractivity contribution is 5.82. The summed E-state index contributed by atoms with van der Waals surface area (Å²) in [5.74, 6) is -0.395. The Kier molecular flexibility index (Phi) is 4.87. The van der Waals surface area contributed by atoms with Crippen LogP contribution in [0.25, 0.3) is 0 Å². The minimum atomic E-state index is -0.556. The molecule has 0 spiro atoms. The summed E-state index contributed by atoms with van der Waals surface area (Å²) >= 11 is 0. The molecule has 5 heteroatoms. The average Bonchev–Trinajstić information content (AvgIpc) is 2.14. The molecule has 0 unspecified atom stereocenters. The second kappa shape index (κ2) is 5.40. The Labute approximate surface area is 78.0 Å². The fourth-order valence-electron chi connectivity index (χ4n) is 0.773. The van der Waals surface area contributed by atoms with Gasteiger partial charge in [0.25, 0.3) is 0 Å². The van der Waals surface area contributed by atoms with Crippen LogP contribution in [0.4, 0.5) is 4.79 Å².